The summed E-state index contributed by atoms with van der Waals surface area (Å²) >= 11 is 1.19. The van der Waals surface area contributed by atoms with Gasteiger partial charge in [0.2, 0.25) is 5.91 Å². The Bertz CT molecular complexity index is 545. The van der Waals surface area contributed by atoms with Crippen LogP contribution in [0.5, 0.6) is 0 Å². The first-order chi connectivity index (χ1) is 9.61. The average molecular weight is 294 g/mol. The minimum absolute atomic E-state index is 0.0591. The topological polar surface area (TPSA) is 68.3 Å². The summed E-state index contributed by atoms with van der Waals surface area (Å²) in [4.78, 5) is 28.6. The second kappa shape index (κ2) is 5.16. The number of fused-ring (bicyclic) bond motifs is 1. The van der Waals surface area contributed by atoms with Gasteiger partial charge in [0.15, 0.2) is 5.13 Å². The number of nitrogens with zero attached hydrogens (tertiary/aromatic N) is 1. The summed E-state index contributed by atoms with van der Waals surface area (Å²) in [6, 6.07) is 0. The molecule has 0 unspecified atom stereocenters. The predicted molar refractivity (Wildman–Crippen MR) is 75.8 cm³/mol. The maximum absolute atomic E-state index is 12.1. The Morgan fingerprint density at radius 3 is 2.75 bits per heavy atom. The summed E-state index contributed by atoms with van der Waals surface area (Å²) in [5.41, 5.74) is 0.611. The van der Waals surface area contributed by atoms with Gasteiger partial charge in [-0.1, -0.05) is 17.8 Å². The summed E-state index contributed by atoms with van der Waals surface area (Å²) < 4.78 is 4.97. The van der Waals surface area contributed by atoms with Crippen molar-refractivity contribution >= 4 is 28.3 Å². The summed E-state index contributed by atoms with van der Waals surface area (Å²) in [6.45, 7) is 3.86. The molecule has 2 fully saturated rings. The predicted octanol–water partition coefficient (Wildman–Crippen LogP) is 2.61. The van der Waals surface area contributed by atoms with Gasteiger partial charge in [-0.3, -0.25) is 4.79 Å². The molecular formula is C14H18N2O3S. The number of esters is 1. The van der Waals surface area contributed by atoms with Gasteiger partial charge in [0.1, 0.15) is 4.88 Å². The van der Waals surface area contributed by atoms with E-state index in [-0.39, 0.29) is 17.8 Å². The van der Waals surface area contributed by atoms with Crippen LogP contribution < -0.4 is 5.32 Å². The second-order valence-electron chi connectivity index (χ2n) is 5.43. The lowest BCUT2D eigenvalue weighted by molar-refractivity contribution is -0.118. The first-order valence-electron chi connectivity index (χ1n) is 7.07. The van der Waals surface area contributed by atoms with Crippen LogP contribution >= 0.6 is 11.3 Å². The van der Waals surface area contributed by atoms with Crippen molar-refractivity contribution in [2.24, 2.45) is 17.8 Å². The number of carbonyl (C=O) groups is 2. The van der Waals surface area contributed by atoms with E-state index in [1.54, 1.807) is 13.8 Å². The largest absolute Gasteiger partial charge is 0.462 e. The molecule has 0 saturated heterocycles. The fourth-order valence-corrected chi connectivity index (χ4v) is 4.10. The highest BCUT2D eigenvalue weighted by Gasteiger charge is 2.56. The summed E-state index contributed by atoms with van der Waals surface area (Å²) in [6.07, 6.45) is 3.60. The molecule has 1 N–H and O–H groups in total. The number of hydrogen-bond acceptors (Lipinski definition) is 5. The number of rotatable bonds is 4. The number of amides is 1. The van der Waals surface area contributed by atoms with Gasteiger partial charge in [0, 0.05) is 5.92 Å². The van der Waals surface area contributed by atoms with Crippen molar-refractivity contribution in [1.29, 1.82) is 0 Å². The molecule has 0 aromatic carbocycles. The molecule has 0 bridgehead atoms. The molecule has 1 heterocycles. The molecule has 2 saturated carbocycles. The molecule has 3 rings (SSSR count). The highest BCUT2D eigenvalue weighted by molar-refractivity contribution is 7.17. The molecule has 20 heavy (non-hydrogen) atoms. The lowest BCUT2D eigenvalue weighted by Crippen LogP contribution is -2.16. The fraction of sp³-hybridized carbons (Fsp3) is 0.643. The van der Waals surface area contributed by atoms with E-state index in [0.29, 0.717) is 34.1 Å². The van der Waals surface area contributed by atoms with Crippen LogP contribution in [-0.2, 0) is 9.53 Å². The van der Waals surface area contributed by atoms with E-state index in [0.717, 1.165) is 0 Å². The molecule has 108 valence electrons. The Morgan fingerprint density at radius 1 is 1.40 bits per heavy atom. The fourth-order valence-electron chi connectivity index (χ4n) is 3.24. The standard InChI is InChI=1S/C14H18N2O3S/c1-3-19-13(18)11-7(2)15-14(20-11)16-12(17)10-8-5-4-6-9(8)10/h8-10H,3-6H2,1-2H3,(H,15,16,17)/t8-,9-/m1/s1. The first kappa shape index (κ1) is 13.5. The van der Waals surface area contributed by atoms with E-state index in [1.165, 1.54) is 30.6 Å². The zero-order valence-electron chi connectivity index (χ0n) is 11.6. The van der Waals surface area contributed by atoms with Crippen molar-refractivity contribution in [3.63, 3.8) is 0 Å². The number of ether oxygens (including phenoxy) is 1. The number of anilines is 1. The third-order valence-corrected chi connectivity index (χ3v) is 5.25. The van der Waals surface area contributed by atoms with Crippen LogP contribution in [0.3, 0.4) is 0 Å². The van der Waals surface area contributed by atoms with Crippen molar-refractivity contribution in [2.45, 2.75) is 33.1 Å². The SMILES string of the molecule is CCOC(=O)c1sc(NC(=O)C2[C@@H]3CCC[C@@H]23)nc1C. The van der Waals surface area contributed by atoms with Gasteiger partial charge < -0.3 is 10.1 Å². The number of aryl methyl sites for hydroxylation is 1. The monoisotopic (exact) mass is 294 g/mol. The smallest absolute Gasteiger partial charge is 0.350 e. The third kappa shape index (κ3) is 2.32. The molecule has 1 aromatic heterocycles. The summed E-state index contributed by atoms with van der Waals surface area (Å²) in [7, 11) is 0. The van der Waals surface area contributed by atoms with E-state index >= 15 is 0 Å². The van der Waals surface area contributed by atoms with Gasteiger partial charge >= 0.3 is 5.97 Å². The van der Waals surface area contributed by atoms with Crippen LogP contribution in [0, 0.1) is 24.7 Å². The van der Waals surface area contributed by atoms with Gasteiger partial charge in [0.25, 0.3) is 0 Å². The van der Waals surface area contributed by atoms with Crippen LogP contribution in [0.15, 0.2) is 0 Å². The normalized spacial score (nSPS) is 27.0. The molecule has 0 spiro atoms. The minimum atomic E-state index is -0.369. The zero-order valence-corrected chi connectivity index (χ0v) is 12.5. The Morgan fingerprint density at radius 2 is 2.10 bits per heavy atom. The molecule has 2 atom stereocenters. The van der Waals surface area contributed by atoms with Crippen LogP contribution in [0.1, 0.15) is 41.6 Å². The van der Waals surface area contributed by atoms with Gasteiger partial charge in [-0.25, -0.2) is 9.78 Å². The average Bonchev–Trinajstić information content (AvgIpc) is 2.72. The maximum atomic E-state index is 12.1. The highest BCUT2D eigenvalue weighted by atomic mass is 32.1. The number of hydrogen-bond donors (Lipinski definition) is 1. The Kier molecular flexibility index (Phi) is 3.50. The van der Waals surface area contributed by atoms with Crippen molar-refractivity contribution in [3.05, 3.63) is 10.6 Å². The van der Waals surface area contributed by atoms with Crippen molar-refractivity contribution in [1.82, 2.24) is 4.98 Å². The molecule has 1 aromatic rings. The van der Waals surface area contributed by atoms with Gasteiger partial charge in [-0.05, 0) is 38.5 Å². The Labute approximate surface area is 121 Å². The van der Waals surface area contributed by atoms with Crippen molar-refractivity contribution < 1.29 is 14.3 Å². The molecule has 6 heteroatoms. The maximum Gasteiger partial charge on any atom is 0.350 e. The molecule has 0 radical (unpaired) electrons. The zero-order chi connectivity index (χ0) is 14.3. The van der Waals surface area contributed by atoms with Gasteiger partial charge in [-0.2, -0.15) is 0 Å². The Hall–Kier alpha value is -1.43. The minimum Gasteiger partial charge on any atom is -0.462 e. The number of carbonyl (C=O) groups excluding carboxylic acids is 2. The third-order valence-electron chi connectivity index (χ3n) is 4.20. The molecule has 1 amide bonds. The Balaban J connectivity index is 1.65. The van der Waals surface area contributed by atoms with Gasteiger partial charge in [-0.15, -0.1) is 0 Å². The van der Waals surface area contributed by atoms with E-state index < -0.39 is 0 Å². The number of aromatic nitrogens is 1. The van der Waals surface area contributed by atoms with Crippen LogP contribution in [0.4, 0.5) is 5.13 Å². The number of nitrogens with one attached hydrogen (secondary N) is 1. The van der Waals surface area contributed by atoms with Crippen LogP contribution in [0.25, 0.3) is 0 Å². The van der Waals surface area contributed by atoms with E-state index in [1.807, 2.05) is 0 Å². The van der Waals surface area contributed by atoms with Crippen LogP contribution in [0.2, 0.25) is 0 Å². The quantitative estimate of drug-likeness (QED) is 0.867. The first-order valence-corrected chi connectivity index (χ1v) is 7.89. The molecule has 2 aliphatic rings. The lowest BCUT2D eigenvalue weighted by atomic mass is 10.1. The van der Waals surface area contributed by atoms with E-state index in [9.17, 15) is 9.59 Å². The van der Waals surface area contributed by atoms with Gasteiger partial charge in [0.05, 0.1) is 12.3 Å². The van der Waals surface area contributed by atoms with E-state index in [4.69, 9.17) is 4.74 Å². The summed E-state index contributed by atoms with van der Waals surface area (Å²) in [5.74, 6) is 1.02. The van der Waals surface area contributed by atoms with Crippen molar-refractivity contribution in [2.75, 3.05) is 11.9 Å². The second-order valence-corrected chi connectivity index (χ2v) is 6.43. The number of thiazole rings is 1. The lowest BCUT2D eigenvalue weighted by Gasteiger charge is -2.02. The highest BCUT2D eigenvalue weighted by Crippen LogP contribution is 2.57. The van der Waals surface area contributed by atoms with Crippen LogP contribution in [-0.4, -0.2) is 23.5 Å². The molecular weight excluding hydrogens is 276 g/mol. The summed E-state index contributed by atoms with van der Waals surface area (Å²) in [5, 5.41) is 3.35. The molecule has 5 nitrogen and oxygen atoms in total. The van der Waals surface area contributed by atoms with Crippen molar-refractivity contribution in [3.8, 4) is 0 Å². The molecule has 0 aliphatic heterocycles. The molecule has 2 aliphatic carbocycles. The van der Waals surface area contributed by atoms with E-state index in [2.05, 4.69) is 10.3 Å².